The van der Waals surface area contributed by atoms with Gasteiger partial charge in [-0.15, -0.1) is 0 Å². The molecular formula is C23H31N5O2. The maximum atomic E-state index is 13.0. The van der Waals surface area contributed by atoms with E-state index in [0.29, 0.717) is 13.0 Å². The molecule has 160 valence electrons. The summed E-state index contributed by atoms with van der Waals surface area (Å²) in [4.78, 5) is 31.6. The quantitative estimate of drug-likeness (QED) is 0.758. The van der Waals surface area contributed by atoms with E-state index in [9.17, 15) is 9.59 Å². The lowest BCUT2D eigenvalue weighted by atomic mass is 10.1. The van der Waals surface area contributed by atoms with E-state index in [0.717, 1.165) is 56.2 Å². The van der Waals surface area contributed by atoms with Gasteiger partial charge in [-0.25, -0.2) is 0 Å². The fourth-order valence-electron chi connectivity index (χ4n) is 4.43. The van der Waals surface area contributed by atoms with Gasteiger partial charge in [0.25, 0.3) is 0 Å². The van der Waals surface area contributed by atoms with E-state index in [1.165, 1.54) is 5.69 Å². The van der Waals surface area contributed by atoms with E-state index in [1.54, 1.807) is 4.90 Å². The summed E-state index contributed by atoms with van der Waals surface area (Å²) in [7, 11) is 0. The summed E-state index contributed by atoms with van der Waals surface area (Å²) in [6, 6.07) is 10.0. The Hall–Kier alpha value is -2.67. The Morgan fingerprint density at radius 2 is 1.73 bits per heavy atom. The first-order valence-electron chi connectivity index (χ1n) is 10.8. The molecule has 2 aromatic rings. The van der Waals surface area contributed by atoms with Gasteiger partial charge in [0, 0.05) is 57.1 Å². The highest BCUT2D eigenvalue weighted by Crippen LogP contribution is 2.27. The van der Waals surface area contributed by atoms with Crippen LogP contribution in [0.5, 0.6) is 0 Å². The fourth-order valence-corrected chi connectivity index (χ4v) is 4.43. The van der Waals surface area contributed by atoms with Crippen molar-refractivity contribution in [2.24, 2.45) is 5.92 Å². The maximum absolute atomic E-state index is 13.0. The van der Waals surface area contributed by atoms with Gasteiger partial charge in [-0.2, -0.15) is 5.10 Å². The van der Waals surface area contributed by atoms with Gasteiger partial charge >= 0.3 is 0 Å². The zero-order chi connectivity index (χ0) is 21.3. The molecule has 2 fully saturated rings. The van der Waals surface area contributed by atoms with Crippen LogP contribution in [-0.2, 0) is 16.1 Å². The van der Waals surface area contributed by atoms with Crippen molar-refractivity contribution in [1.82, 2.24) is 19.6 Å². The molecule has 0 N–H and O–H groups in total. The number of anilines is 1. The lowest BCUT2D eigenvalue weighted by Crippen LogP contribution is -2.51. The summed E-state index contributed by atoms with van der Waals surface area (Å²) in [5, 5.41) is 4.52. The lowest BCUT2D eigenvalue weighted by molar-refractivity contribution is -0.137. The molecule has 0 aliphatic carbocycles. The molecule has 1 aromatic heterocycles. The monoisotopic (exact) mass is 409 g/mol. The van der Waals surface area contributed by atoms with Crippen LogP contribution in [0.1, 0.15) is 23.4 Å². The van der Waals surface area contributed by atoms with Crippen LogP contribution in [0.4, 0.5) is 5.69 Å². The van der Waals surface area contributed by atoms with E-state index in [-0.39, 0.29) is 17.7 Å². The summed E-state index contributed by atoms with van der Waals surface area (Å²) in [6.07, 6.45) is 0.310. The van der Waals surface area contributed by atoms with Crippen molar-refractivity contribution in [2.75, 3.05) is 44.2 Å². The van der Waals surface area contributed by atoms with Crippen molar-refractivity contribution in [3.8, 4) is 0 Å². The third-order valence-electron chi connectivity index (χ3n) is 6.24. The molecule has 1 aromatic carbocycles. The largest absolute Gasteiger partial charge is 0.340 e. The number of carbonyl (C=O) groups excluding carboxylic acids is 2. The number of benzene rings is 1. The molecule has 30 heavy (non-hydrogen) atoms. The van der Waals surface area contributed by atoms with Gasteiger partial charge in [-0.3, -0.25) is 19.2 Å². The average molecular weight is 410 g/mol. The van der Waals surface area contributed by atoms with Crippen molar-refractivity contribution in [3.05, 3.63) is 47.3 Å². The van der Waals surface area contributed by atoms with Crippen molar-refractivity contribution >= 4 is 17.5 Å². The number of aryl methyl sites for hydroxylation is 3. The SMILES string of the molecule is Cc1ccc(N2CC(C(=O)N3CCN(CCn4nc(C)cc4C)CC3)CC2=O)cc1. The molecule has 0 saturated carbocycles. The van der Waals surface area contributed by atoms with Gasteiger partial charge in [0.2, 0.25) is 11.8 Å². The Labute approximate surface area is 178 Å². The number of carbonyl (C=O) groups is 2. The smallest absolute Gasteiger partial charge is 0.228 e. The molecule has 2 saturated heterocycles. The molecule has 2 aliphatic rings. The van der Waals surface area contributed by atoms with Crippen LogP contribution in [0.25, 0.3) is 0 Å². The molecule has 2 amide bonds. The number of rotatable bonds is 5. The first-order chi connectivity index (χ1) is 14.4. The molecular weight excluding hydrogens is 378 g/mol. The highest BCUT2D eigenvalue weighted by atomic mass is 16.2. The van der Waals surface area contributed by atoms with Gasteiger partial charge in [0.05, 0.1) is 18.2 Å². The van der Waals surface area contributed by atoms with E-state index >= 15 is 0 Å². The molecule has 0 radical (unpaired) electrons. The van der Waals surface area contributed by atoms with E-state index < -0.39 is 0 Å². The Kier molecular flexibility index (Phi) is 5.90. The summed E-state index contributed by atoms with van der Waals surface area (Å²) in [5.74, 6) is -0.0723. The lowest BCUT2D eigenvalue weighted by Gasteiger charge is -2.35. The molecule has 2 aliphatic heterocycles. The number of hydrogen-bond acceptors (Lipinski definition) is 4. The summed E-state index contributed by atoms with van der Waals surface area (Å²) in [6.45, 7) is 11.6. The molecule has 1 atom stereocenters. The highest BCUT2D eigenvalue weighted by molar-refractivity contribution is 6.00. The normalized spacial score (nSPS) is 20.2. The second-order valence-corrected chi connectivity index (χ2v) is 8.56. The minimum absolute atomic E-state index is 0.0423. The van der Waals surface area contributed by atoms with Crippen LogP contribution in [0.2, 0.25) is 0 Å². The highest BCUT2D eigenvalue weighted by Gasteiger charge is 2.37. The molecule has 7 heteroatoms. The minimum atomic E-state index is -0.236. The number of aromatic nitrogens is 2. The number of piperazine rings is 1. The van der Waals surface area contributed by atoms with Gasteiger partial charge < -0.3 is 9.80 Å². The fraction of sp³-hybridized carbons (Fsp3) is 0.522. The standard InChI is InChI=1S/C23H31N5O2/c1-17-4-6-21(7-5-17)27-16-20(15-22(27)29)23(30)26-11-8-25(9-12-26)10-13-28-19(3)14-18(2)24-28/h4-7,14,20H,8-13,15-16H2,1-3H3. The van der Waals surface area contributed by atoms with Crippen molar-refractivity contribution < 1.29 is 9.59 Å². The number of nitrogens with zero attached hydrogens (tertiary/aromatic N) is 5. The first-order valence-corrected chi connectivity index (χ1v) is 10.8. The van der Waals surface area contributed by atoms with Crippen molar-refractivity contribution in [2.45, 2.75) is 33.7 Å². The van der Waals surface area contributed by atoms with Crippen LogP contribution in [-0.4, -0.2) is 70.7 Å². The zero-order valence-corrected chi connectivity index (χ0v) is 18.2. The van der Waals surface area contributed by atoms with E-state index in [4.69, 9.17) is 0 Å². The number of amides is 2. The van der Waals surface area contributed by atoms with Crippen molar-refractivity contribution in [1.29, 1.82) is 0 Å². The Morgan fingerprint density at radius 3 is 2.37 bits per heavy atom. The van der Waals surface area contributed by atoms with Gasteiger partial charge in [-0.05, 0) is 39.0 Å². The second-order valence-electron chi connectivity index (χ2n) is 8.56. The van der Waals surface area contributed by atoms with Crippen LogP contribution in [0.3, 0.4) is 0 Å². The summed E-state index contributed by atoms with van der Waals surface area (Å²) < 4.78 is 2.05. The minimum Gasteiger partial charge on any atom is -0.340 e. The van der Waals surface area contributed by atoms with E-state index in [1.807, 2.05) is 43.0 Å². The molecule has 0 spiro atoms. The first kappa shape index (κ1) is 20.6. The van der Waals surface area contributed by atoms with Crippen LogP contribution in [0, 0.1) is 26.7 Å². The third-order valence-corrected chi connectivity index (χ3v) is 6.24. The van der Waals surface area contributed by atoms with Crippen molar-refractivity contribution in [3.63, 3.8) is 0 Å². The second kappa shape index (κ2) is 8.60. The van der Waals surface area contributed by atoms with Crippen LogP contribution in [0.15, 0.2) is 30.3 Å². The topological polar surface area (TPSA) is 61.7 Å². The Bertz CT molecular complexity index is 912. The Morgan fingerprint density at radius 1 is 1.03 bits per heavy atom. The molecule has 1 unspecified atom stereocenters. The summed E-state index contributed by atoms with van der Waals surface area (Å²) >= 11 is 0. The maximum Gasteiger partial charge on any atom is 0.228 e. The number of hydrogen-bond donors (Lipinski definition) is 0. The van der Waals surface area contributed by atoms with Gasteiger partial charge in [0.15, 0.2) is 0 Å². The molecule has 7 nitrogen and oxygen atoms in total. The predicted octanol–water partition coefficient (Wildman–Crippen LogP) is 2.01. The third kappa shape index (κ3) is 4.41. The Balaban J connectivity index is 1.27. The summed E-state index contributed by atoms with van der Waals surface area (Å²) in [5.41, 5.74) is 4.28. The van der Waals surface area contributed by atoms with Gasteiger partial charge in [-0.1, -0.05) is 17.7 Å². The zero-order valence-electron chi connectivity index (χ0n) is 18.2. The van der Waals surface area contributed by atoms with Crippen LogP contribution < -0.4 is 4.90 Å². The molecule has 4 rings (SSSR count). The predicted molar refractivity (Wildman–Crippen MR) is 116 cm³/mol. The van der Waals surface area contributed by atoms with E-state index in [2.05, 4.69) is 27.7 Å². The molecule has 3 heterocycles. The van der Waals surface area contributed by atoms with Gasteiger partial charge in [0.1, 0.15) is 0 Å². The average Bonchev–Trinajstić information content (AvgIpc) is 3.28. The van der Waals surface area contributed by atoms with Crippen LogP contribution >= 0.6 is 0 Å². The molecule has 0 bridgehead atoms.